The van der Waals surface area contributed by atoms with Gasteiger partial charge in [-0.15, -0.1) is 0 Å². The van der Waals surface area contributed by atoms with Gasteiger partial charge in [0.05, 0.1) is 5.71 Å². The minimum atomic E-state index is -0.229. The predicted molar refractivity (Wildman–Crippen MR) is 88.3 cm³/mol. The molecule has 1 amide bonds. The van der Waals surface area contributed by atoms with Crippen LogP contribution < -0.4 is 5.43 Å². The molecule has 0 aliphatic rings. The summed E-state index contributed by atoms with van der Waals surface area (Å²) in [6, 6.07) is 12.3. The molecular weight excluding hydrogens is 276 g/mol. The number of phenols is 1. The van der Waals surface area contributed by atoms with E-state index in [1.807, 2.05) is 32.9 Å². The molecule has 0 heterocycles. The second-order valence-electron chi connectivity index (χ2n) is 5.20. The van der Waals surface area contributed by atoms with E-state index >= 15 is 0 Å². The summed E-state index contributed by atoms with van der Waals surface area (Å²) in [4.78, 5) is 12.2. The van der Waals surface area contributed by atoms with E-state index in [9.17, 15) is 9.90 Å². The summed E-state index contributed by atoms with van der Waals surface area (Å²) in [7, 11) is 0. The van der Waals surface area contributed by atoms with Crippen molar-refractivity contribution < 1.29 is 9.90 Å². The third-order valence-electron chi connectivity index (χ3n) is 3.60. The molecule has 4 nitrogen and oxygen atoms in total. The average Bonchev–Trinajstić information content (AvgIpc) is 2.52. The highest BCUT2D eigenvalue weighted by Gasteiger charge is 2.07. The third-order valence-corrected chi connectivity index (χ3v) is 3.60. The molecule has 2 aromatic rings. The molecule has 0 aliphatic carbocycles. The normalized spacial score (nSPS) is 11.3. The van der Waals surface area contributed by atoms with Crippen molar-refractivity contribution >= 4 is 11.6 Å². The van der Waals surface area contributed by atoms with E-state index in [-0.39, 0.29) is 11.7 Å². The quantitative estimate of drug-likeness (QED) is 0.669. The van der Waals surface area contributed by atoms with E-state index in [1.165, 1.54) is 0 Å². The Bertz CT molecular complexity index is 704. The summed E-state index contributed by atoms with van der Waals surface area (Å²) < 4.78 is 0. The number of aromatic hydroxyl groups is 1. The van der Waals surface area contributed by atoms with Crippen LogP contribution in [0, 0.1) is 13.8 Å². The van der Waals surface area contributed by atoms with Crippen molar-refractivity contribution in [2.24, 2.45) is 5.10 Å². The van der Waals surface area contributed by atoms with E-state index in [0.717, 1.165) is 22.4 Å². The number of benzene rings is 2. The number of nitrogens with one attached hydrogen (secondary N) is 1. The first-order chi connectivity index (χ1) is 10.5. The van der Waals surface area contributed by atoms with Crippen LogP contribution in [0.3, 0.4) is 0 Å². The lowest BCUT2D eigenvalue weighted by Gasteiger charge is -2.07. The Labute approximate surface area is 130 Å². The van der Waals surface area contributed by atoms with Crippen molar-refractivity contribution in [1.29, 1.82) is 0 Å². The van der Waals surface area contributed by atoms with Crippen LogP contribution in [0.5, 0.6) is 5.75 Å². The lowest BCUT2D eigenvalue weighted by molar-refractivity contribution is 0.0954. The summed E-state index contributed by atoms with van der Waals surface area (Å²) in [5.41, 5.74) is 7.05. The zero-order chi connectivity index (χ0) is 16.1. The maximum Gasteiger partial charge on any atom is 0.271 e. The van der Waals surface area contributed by atoms with Gasteiger partial charge in [0.15, 0.2) is 0 Å². The molecule has 0 saturated carbocycles. The van der Waals surface area contributed by atoms with Crippen LogP contribution in [-0.2, 0) is 0 Å². The van der Waals surface area contributed by atoms with Crippen molar-refractivity contribution in [3.8, 4) is 5.75 Å². The van der Waals surface area contributed by atoms with E-state index < -0.39 is 0 Å². The molecule has 114 valence electrons. The predicted octanol–water partition coefficient (Wildman–Crippen LogP) is 3.55. The zero-order valence-corrected chi connectivity index (χ0v) is 13.1. The zero-order valence-electron chi connectivity index (χ0n) is 13.1. The number of nitrogens with zero attached hydrogens (tertiary/aromatic N) is 1. The lowest BCUT2D eigenvalue weighted by Crippen LogP contribution is -2.20. The first kappa shape index (κ1) is 15.8. The Hall–Kier alpha value is -2.62. The minimum absolute atomic E-state index is 0.207. The van der Waals surface area contributed by atoms with E-state index in [1.54, 1.807) is 30.3 Å². The van der Waals surface area contributed by atoms with Gasteiger partial charge in [0, 0.05) is 5.56 Å². The van der Waals surface area contributed by atoms with Gasteiger partial charge in [-0.25, -0.2) is 5.43 Å². The number of phenolic OH excluding ortho intramolecular Hbond substituents is 1. The molecule has 2 aromatic carbocycles. The molecule has 0 spiro atoms. The Kier molecular flexibility index (Phi) is 4.94. The molecular formula is C18H20N2O2. The fourth-order valence-electron chi connectivity index (χ4n) is 2.07. The molecule has 0 fully saturated rings. The maximum atomic E-state index is 12.2. The monoisotopic (exact) mass is 296 g/mol. The Morgan fingerprint density at radius 1 is 1.05 bits per heavy atom. The minimum Gasteiger partial charge on any atom is -0.508 e. The molecule has 0 aromatic heterocycles. The average molecular weight is 296 g/mol. The van der Waals surface area contributed by atoms with E-state index in [4.69, 9.17) is 0 Å². The van der Waals surface area contributed by atoms with Gasteiger partial charge in [0.2, 0.25) is 0 Å². The van der Waals surface area contributed by atoms with Crippen LogP contribution in [0.15, 0.2) is 47.6 Å². The van der Waals surface area contributed by atoms with Gasteiger partial charge >= 0.3 is 0 Å². The fraction of sp³-hybridized carbons (Fsp3) is 0.222. The summed E-state index contributed by atoms with van der Waals surface area (Å²) in [5.74, 6) is -0.0220. The van der Waals surface area contributed by atoms with Crippen molar-refractivity contribution in [2.75, 3.05) is 0 Å². The topological polar surface area (TPSA) is 61.7 Å². The number of hydrogen-bond donors (Lipinski definition) is 2. The number of carbonyl (C=O) groups is 1. The van der Waals surface area contributed by atoms with Gasteiger partial charge in [0.1, 0.15) is 5.75 Å². The van der Waals surface area contributed by atoms with Crippen LogP contribution in [0.25, 0.3) is 0 Å². The van der Waals surface area contributed by atoms with Crippen LogP contribution in [-0.4, -0.2) is 16.7 Å². The molecule has 0 bridgehead atoms. The molecule has 2 N–H and O–H groups in total. The second kappa shape index (κ2) is 6.89. The second-order valence-corrected chi connectivity index (χ2v) is 5.20. The van der Waals surface area contributed by atoms with Crippen LogP contribution in [0.2, 0.25) is 0 Å². The van der Waals surface area contributed by atoms with Gasteiger partial charge in [-0.3, -0.25) is 4.79 Å². The highest BCUT2D eigenvalue weighted by Crippen LogP contribution is 2.12. The maximum absolute atomic E-state index is 12.2. The first-order valence-electron chi connectivity index (χ1n) is 7.25. The van der Waals surface area contributed by atoms with Gasteiger partial charge in [-0.1, -0.05) is 13.0 Å². The smallest absolute Gasteiger partial charge is 0.271 e. The Balaban J connectivity index is 2.15. The molecule has 4 heteroatoms. The third kappa shape index (κ3) is 3.73. The number of rotatable bonds is 4. The Morgan fingerprint density at radius 2 is 1.68 bits per heavy atom. The van der Waals surface area contributed by atoms with E-state index in [0.29, 0.717) is 12.0 Å². The first-order valence-corrected chi connectivity index (χ1v) is 7.25. The number of amides is 1. The highest BCUT2D eigenvalue weighted by atomic mass is 16.3. The number of hydrazone groups is 1. The SMILES string of the molecule is CC/C(=N\NC(=O)c1ccc(C)c(C)c1)c1ccc(O)cc1. The molecule has 0 unspecified atom stereocenters. The van der Waals surface area contributed by atoms with Crippen molar-refractivity contribution in [3.63, 3.8) is 0 Å². The number of carbonyl (C=O) groups excluding carboxylic acids is 1. The largest absolute Gasteiger partial charge is 0.508 e. The van der Waals surface area contributed by atoms with Gasteiger partial charge in [-0.2, -0.15) is 5.10 Å². The summed E-state index contributed by atoms with van der Waals surface area (Å²) in [6.45, 7) is 5.95. The molecule has 0 saturated heterocycles. The van der Waals surface area contributed by atoms with Crippen LogP contribution >= 0.6 is 0 Å². The van der Waals surface area contributed by atoms with Gasteiger partial charge in [-0.05, 0) is 73.4 Å². The summed E-state index contributed by atoms with van der Waals surface area (Å²) in [6.07, 6.45) is 0.679. The van der Waals surface area contributed by atoms with Gasteiger partial charge < -0.3 is 5.11 Å². The van der Waals surface area contributed by atoms with Crippen LogP contribution in [0.4, 0.5) is 0 Å². The standard InChI is InChI=1S/C18H20N2O2/c1-4-17(14-7-9-16(21)10-8-14)19-20-18(22)15-6-5-12(2)13(3)11-15/h5-11,21H,4H2,1-3H3,(H,20,22)/b19-17+. The highest BCUT2D eigenvalue weighted by molar-refractivity contribution is 6.02. The van der Waals surface area contributed by atoms with E-state index in [2.05, 4.69) is 10.5 Å². The molecule has 0 aliphatic heterocycles. The lowest BCUT2D eigenvalue weighted by atomic mass is 10.1. The molecule has 0 atom stereocenters. The van der Waals surface area contributed by atoms with Crippen molar-refractivity contribution in [3.05, 3.63) is 64.7 Å². The van der Waals surface area contributed by atoms with Crippen molar-refractivity contribution in [1.82, 2.24) is 5.43 Å². The number of hydrogen-bond acceptors (Lipinski definition) is 3. The fourth-order valence-corrected chi connectivity index (χ4v) is 2.07. The van der Waals surface area contributed by atoms with Crippen molar-refractivity contribution in [2.45, 2.75) is 27.2 Å². The summed E-state index contributed by atoms with van der Waals surface area (Å²) >= 11 is 0. The summed E-state index contributed by atoms with van der Waals surface area (Å²) in [5, 5.41) is 13.5. The van der Waals surface area contributed by atoms with Crippen LogP contribution in [0.1, 0.15) is 40.4 Å². The van der Waals surface area contributed by atoms with Gasteiger partial charge in [0.25, 0.3) is 5.91 Å². The molecule has 0 radical (unpaired) electrons. The Morgan fingerprint density at radius 3 is 2.27 bits per heavy atom. The molecule has 2 rings (SSSR count). The molecule has 22 heavy (non-hydrogen) atoms. The number of aryl methyl sites for hydroxylation is 2.